The van der Waals surface area contributed by atoms with E-state index in [0.717, 1.165) is 0 Å². The molecule has 0 radical (unpaired) electrons. The van der Waals surface area contributed by atoms with Crippen molar-refractivity contribution in [2.75, 3.05) is 17.2 Å². The second kappa shape index (κ2) is 8.22. The third-order valence-corrected chi connectivity index (χ3v) is 3.78. The lowest BCUT2D eigenvalue weighted by molar-refractivity contribution is 0.0696. The molecular weight excluding hydrogens is 366 g/mol. The Morgan fingerprint density at radius 2 is 2.00 bits per heavy atom. The quantitative estimate of drug-likeness (QED) is 0.500. The summed E-state index contributed by atoms with van der Waals surface area (Å²) in [7, 11) is 0. The number of amides is 2. The number of carbonyl (C=O) groups excluding carboxylic acids is 1. The SMILES string of the molecule is CC(CO)n1cnnc1-c1cccc(NC(=O)Nc2cc(C(=O)O)ccn2)n1. The monoisotopic (exact) mass is 383 g/mol. The molecule has 0 spiro atoms. The normalized spacial score (nSPS) is 11.6. The molecule has 0 saturated carbocycles. The van der Waals surface area contributed by atoms with Gasteiger partial charge in [-0.05, 0) is 31.2 Å². The topological polar surface area (TPSA) is 155 Å². The van der Waals surface area contributed by atoms with Crippen molar-refractivity contribution in [3.8, 4) is 11.5 Å². The predicted octanol–water partition coefficient (Wildman–Crippen LogP) is 1.63. The molecule has 28 heavy (non-hydrogen) atoms. The number of aliphatic hydroxyl groups is 1. The highest BCUT2D eigenvalue weighted by Gasteiger charge is 2.14. The zero-order valence-corrected chi connectivity index (χ0v) is 14.8. The van der Waals surface area contributed by atoms with E-state index in [0.29, 0.717) is 11.5 Å². The van der Waals surface area contributed by atoms with Gasteiger partial charge in [0.25, 0.3) is 0 Å². The molecule has 3 aromatic heterocycles. The van der Waals surface area contributed by atoms with Crippen LogP contribution in [0.5, 0.6) is 0 Å². The van der Waals surface area contributed by atoms with Crippen LogP contribution in [-0.2, 0) is 0 Å². The molecule has 11 heteroatoms. The molecule has 0 aliphatic rings. The number of rotatable bonds is 6. The summed E-state index contributed by atoms with van der Waals surface area (Å²) >= 11 is 0. The van der Waals surface area contributed by atoms with Crippen LogP contribution in [0.3, 0.4) is 0 Å². The second-order valence-electron chi connectivity index (χ2n) is 5.82. The number of carboxylic acid groups (broad SMARTS) is 1. The van der Waals surface area contributed by atoms with Crippen LogP contribution in [0.15, 0.2) is 42.9 Å². The first kappa shape index (κ1) is 18.9. The fourth-order valence-electron chi connectivity index (χ4n) is 2.36. The molecule has 3 aromatic rings. The van der Waals surface area contributed by atoms with Gasteiger partial charge in [0, 0.05) is 6.20 Å². The van der Waals surface area contributed by atoms with E-state index in [-0.39, 0.29) is 29.8 Å². The van der Waals surface area contributed by atoms with Gasteiger partial charge in [0.2, 0.25) is 0 Å². The number of aromatic nitrogens is 5. The maximum absolute atomic E-state index is 12.2. The minimum Gasteiger partial charge on any atom is -0.478 e. The lowest BCUT2D eigenvalue weighted by Crippen LogP contribution is -2.21. The second-order valence-corrected chi connectivity index (χ2v) is 5.82. The number of aliphatic hydroxyl groups excluding tert-OH is 1. The van der Waals surface area contributed by atoms with Gasteiger partial charge in [-0.1, -0.05) is 6.07 Å². The summed E-state index contributed by atoms with van der Waals surface area (Å²) in [5.74, 6) is -0.344. The number of nitrogens with one attached hydrogen (secondary N) is 2. The average molecular weight is 383 g/mol. The molecule has 144 valence electrons. The highest BCUT2D eigenvalue weighted by Crippen LogP contribution is 2.20. The van der Waals surface area contributed by atoms with E-state index < -0.39 is 12.0 Å². The number of nitrogens with zero attached hydrogens (tertiary/aromatic N) is 5. The standard InChI is InChI=1S/C17H17N7O4/c1-10(8-25)24-9-19-23-15(24)12-3-2-4-13(20-12)21-17(28)22-14-7-11(16(26)27)5-6-18-14/h2-7,9-10,25H,8H2,1H3,(H,26,27)(H2,18,20,21,22,28). The molecule has 11 nitrogen and oxygen atoms in total. The van der Waals surface area contributed by atoms with Crippen molar-refractivity contribution in [2.24, 2.45) is 0 Å². The maximum Gasteiger partial charge on any atom is 0.335 e. The summed E-state index contributed by atoms with van der Waals surface area (Å²) in [6.45, 7) is 1.72. The van der Waals surface area contributed by atoms with Gasteiger partial charge in [0.05, 0.1) is 18.2 Å². The molecule has 0 aliphatic carbocycles. The van der Waals surface area contributed by atoms with Crippen molar-refractivity contribution in [2.45, 2.75) is 13.0 Å². The van der Waals surface area contributed by atoms with E-state index in [1.165, 1.54) is 24.7 Å². The molecule has 1 atom stereocenters. The van der Waals surface area contributed by atoms with Crippen molar-refractivity contribution in [3.05, 3.63) is 48.4 Å². The van der Waals surface area contributed by atoms with Crippen LogP contribution in [0.2, 0.25) is 0 Å². The zero-order valence-electron chi connectivity index (χ0n) is 14.8. The Morgan fingerprint density at radius 3 is 2.75 bits per heavy atom. The lowest BCUT2D eigenvalue weighted by atomic mass is 10.2. The van der Waals surface area contributed by atoms with Crippen LogP contribution < -0.4 is 10.6 Å². The predicted molar refractivity (Wildman–Crippen MR) is 98.9 cm³/mol. The van der Waals surface area contributed by atoms with Gasteiger partial charge in [-0.3, -0.25) is 10.6 Å². The third kappa shape index (κ3) is 4.27. The van der Waals surface area contributed by atoms with E-state index in [9.17, 15) is 14.7 Å². The van der Waals surface area contributed by atoms with E-state index in [1.807, 2.05) is 0 Å². The Labute approximate surface area is 159 Å². The van der Waals surface area contributed by atoms with Gasteiger partial charge >= 0.3 is 12.0 Å². The van der Waals surface area contributed by atoms with Crippen molar-refractivity contribution >= 4 is 23.6 Å². The number of carboxylic acids is 1. The largest absolute Gasteiger partial charge is 0.478 e. The van der Waals surface area contributed by atoms with Crippen molar-refractivity contribution in [1.82, 2.24) is 24.7 Å². The van der Waals surface area contributed by atoms with Crippen molar-refractivity contribution in [1.29, 1.82) is 0 Å². The summed E-state index contributed by atoms with van der Waals surface area (Å²) in [6, 6.07) is 6.66. The van der Waals surface area contributed by atoms with Gasteiger partial charge in [-0.2, -0.15) is 0 Å². The average Bonchev–Trinajstić information content (AvgIpc) is 3.17. The Morgan fingerprint density at radius 1 is 1.21 bits per heavy atom. The van der Waals surface area contributed by atoms with Gasteiger partial charge in [0.15, 0.2) is 5.82 Å². The summed E-state index contributed by atoms with van der Waals surface area (Å²) in [4.78, 5) is 31.4. The van der Waals surface area contributed by atoms with Crippen molar-refractivity contribution < 1.29 is 19.8 Å². The number of carbonyl (C=O) groups is 2. The summed E-state index contributed by atoms with van der Waals surface area (Å²) < 4.78 is 1.67. The number of pyridine rings is 2. The number of hydrogen-bond donors (Lipinski definition) is 4. The van der Waals surface area contributed by atoms with E-state index in [4.69, 9.17) is 5.11 Å². The fourth-order valence-corrected chi connectivity index (χ4v) is 2.36. The maximum atomic E-state index is 12.2. The van der Waals surface area contributed by atoms with Crippen LogP contribution in [0, 0.1) is 0 Å². The first-order valence-corrected chi connectivity index (χ1v) is 8.23. The van der Waals surface area contributed by atoms with E-state index >= 15 is 0 Å². The molecular formula is C17H17N7O4. The van der Waals surface area contributed by atoms with Crippen LogP contribution in [-0.4, -0.2) is 53.6 Å². The summed E-state index contributed by atoms with van der Waals surface area (Å²) in [6.07, 6.45) is 2.78. The Hall–Kier alpha value is -3.86. The Kier molecular flexibility index (Phi) is 5.56. The Balaban J connectivity index is 1.75. The first-order chi connectivity index (χ1) is 13.5. The number of urea groups is 1. The van der Waals surface area contributed by atoms with Crippen LogP contribution in [0.4, 0.5) is 16.4 Å². The smallest absolute Gasteiger partial charge is 0.335 e. The molecule has 0 aromatic carbocycles. The number of hydrogen-bond acceptors (Lipinski definition) is 7. The fraction of sp³-hybridized carbons (Fsp3) is 0.176. The number of anilines is 2. The Bertz CT molecular complexity index is 1000. The molecule has 0 saturated heterocycles. The highest BCUT2D eigenvalue weighted by atomic mass is 16.4. The van der Waals surface area contributed by atoms with Gasteiger partial charge in [-0.25, -0.2) is 19.6 Å². The molecule has 2 amide bonds. The molecule has 0 aliphatic heterocycles. The van der Waals surface area contributed by atoms with Gasteiger partial charge in [-0.15, -0.1) is 10.2 Å². The zero-order chi connectivity index (χ0) is 20.1. The molecule has 0 fully saturated rings. The molecule has 3 heterocycles. The summed E-state index contributed by atoms with van der Waals surface area (Å²) in [5, 5.41) is 31.2. The highest BCUT2D eigenvalue weighted by molar-refractivity contribution is 5.99. The minimum atomic E-state index is -1.12. The molecule has 0 bridgehead atoms. The van der Waals surface area contributed by atoms with Gasteiger partial charge in [0.1, 0.15) is 23.7 Å². The minimum absolute atomic E-state index is 0.00256. The van der Waals surface area contributed by atoms with Crippen LogP contribution in [0.25, 0.3) is 11.5 Å². The van der Waals surface area contributed by atoms with Crippen molar-refractivity contribution in [3.63, 3.8) is 0 Å². The molecule has 1 unspecified atom stereocenters. The third-order valence-electron chi connectivity index (χ3n) is 3.78. The van der Waals surface area contributed by atoms with Crippen LogP contribution in [0.1, 0.15) is 23.3 Å². The summed E-state index contributed by atoms with van der Waals surface area (Å²) in [5.41, 5.74) is 0.462. The van der Waals surface area contributed by atoms with E-state index in [1.54, 1.807) is 29.7 Å². The number of aromatic carboxylic acids is 1. The first-order valence-electron chi connectivity index (χ1n) is 8.23. The molecule has 3 rings (SSSR count). The molecule has 4 N–H and O–H groups in total. The van der Waals surface area contributed by atoms with E-state index in [2.05, 4.69) is 30.8 Å². The lowest BCUT2D eigenvalue weighted by Gasteiger charge is -2.12. The van der Waals surface area contributed by atoms with Crippen LogP contribution >= 0.6 is 0 Å². The van der Waals surface area contributed by atoms with Gasteiger partial charge < -0.3 is 14.8 Å².